The molecule has 0 saturated heterocycles. The van der Waals surface area contributed by atoms with Crippen LogP contribution in [-0.2, 0) is 14.3 Å². The van der Waals surface area contributed by atoms with Gasteiger partial charge in [-0.25, -0.2) is 0 Å². The second-order valence-electron chi connectivity index (χ2n) is 7.83. The first-order valence-electron chi connectivity index (χ1n) is 11.1. The molecule has 0 aromatic rings. The van der Waals surface area contributed by atoms with Crippen molar-refractivity contribution in [2.24, 2.45) is 5.73 Å². The van der Waals surface area contributed by atoms with E-state index < -0.39 is 36.3 Å². The van der Waals surface area contributed by atoms with Crippen LogP contribution < -0.4 is 5.73 Å². The van der Waals surface area contributed by atoms with Crippen molar-refractivity contribution in [2.45, 2.75) is 102 Å². The van der Waals surface area contributed by atoms with E-state index in [1.807, 2.05) is 12.2 Å². The van der Waals surface area contributed by atoms with Gasteiger partial charge < -0.3 is 25.8 Å². The summed E-state index contributed by atoms with van der Waals surface area (Å²) in [5.74, 6) is -2.08. The molecule has 0 aliphatic heterocycles. The van der Waals surface area contributed by atoms with E-state index in [1.54, 1.807) is 12.2 Å². The molecule has 5 N–H and O–H groups in total. The summed E-state index contributed by atoms with van der Waals surface area (Å²) in [6.45, 7) is 2.52. The van der Waals surface area contributed by atoms with Gasteiger partial charge in [0.05, 0.1) is 12.7 Å². The first-order valence-corrected chi connectivity index (χ1v) is 11.1. The number of nitrogens with two attached hydrogens (primary N) is 1. The molecule has 0 aliphatic rings. The van der Waals surface area contributed by atoms with Crippen LogP contribution in [0.25, 0.3) is 0 Å². The highest BCUT2D eigenvalue weighted by Crippen LogP contribution is 2.16. The lowest BCUT2D eigenvalue weighted by Crippen LogP contribution is -2.60. The van der Waals surface area contributed by atoms with Crippen molar-refractivity contribution in [3.63, 3.8) is 0 Å². The molecule has 30 heavy (non-hydrogen) atoms. The van der Waals surface area contributed by atoms with Gasteiger partial charge in [-0.1, -0.05) is 76.5 Å². The molecule has 0 aromatic heterocycles. The van der Waals surface area contributed by atoms with Crippen molar-refractivity contribution < 1.29 is 29.6 Å². The number of aliphatic carboxylic acids is 1. The Hall–Kier alpha value is -1.70. The van der Waals surface area contributed by atoms with Crippen molar-refractivity contribution >= 4 is 11.9 Å². The summed E-state index contributed by atoms with van der Waals surface area (Å²) < 4.78 is 5.10. The van der Waals surface area contributed by atoms with Crippen LogP contribution in [0.4, 0.5) is 0 Å². The molecule has 3 unspecified atom stereocenters. The number of aliphatic hydroxyl groups is 2. The van der Waals surface area contributed by atoms with Gasteiger partial charge in [0, 0.05) is 13.3 Å². The molecular weight excluding hydrogens is 386 g/mol. The van der Waals surface area contributed by atoms with Crippen LogP contribution in [0.15, 0.2) is 24.3 Å². The average Bonchev–Trinajstić information content (AvgIpc) is 2.69. The molecule has 3 atom stereocenters. The zero-order chi connectivity index (χ0) is 22.8. The van der Waals surface area contributed by atoms with Crippen LogP contribution in [0.5, 0.6) is 0 Å². The summed E-state index contributed by atoms with van der Waals surface area (Å²) in [5.41, 5.74) is 3.35. The molecule has 0 saturated carbocycles. The largest absolute Gasteiger partial charge is 0.480 e. The quantitative estimate of drug-likeness (QED) is 0.150. The van der Waals surface area contributed by atoms with Gasteiger partial charge in [0.25, 0.3) is 0 Å². The lowest BCUT2D eigenvalue weighted by Gasteiger charge is -2.29. The molecule has 0 amide bonds. The van der Waals surface area contributed by atoms with E-state index in [0.717, 1.165) is 12.8 Å². The van der Waals surface area contributed by atoms with E-state index in [-0.39, 0.29) is 6.42 Å². The third kappa shape index (κ3) is 12.8. The molecule has 7 nitrogen and oxygen atoms in total. The Balaban J connectivity index is 4.29. The molecule has 0 fully saturated rings. The summed E-state index contributed by atoms with van der Waals surface area (Å²) >= 11 is 0. The Morgan fingerprint density at radius 2 is 1.60 bits per heavy atom. The Labute approximate surface area is 181 Å². The molecule has 174 valence electrons. The molecule has 0 spiro atoms. The third-order valence-corrected chi connectivity index (χ3v) is 5.07. The number of hydrogen-bond acceptors (Lipinski definition) is 6. The lowest BCUT2D eigenvalue weighted by atomic mass is 9.90. The number of rotatable bonds is 18. The van der Waals surface area contributed by atoms with E-state index in [9.17, 15) is 19.8 Å². The molecule has 0 aromatic carbocycles. The molecule has 7 heteroatoms. The Bertz CT molecular complexity index is 534. The SMILES string of the molecule is CCCCCCCCCCCC=CC=CC(CC(O)C(N)(CO)C(=O)O)OC(C)=O. The second kappa shape index (κ2) is 17.0. The Morgan fingerprint density at radius 3 is 2.10 bits per heavy atom. The third-order valence-electron chi connectivity index (χ3n) is 5.07. The first kappa shape index (κ1) is 28.3. The topological polar surface area (TPSA) is 130 Å². The Morgan fingerprint density at radius 1 is 1.03 bits per heavy atom. The second-order valence-corrected chi connectivity index (χ2v) is 7.83. The van der Waals surface area contributed by atoms with Crippen LogP contribution in [0.1, 0.15) is 84.5 Å². The van der Waals surface area contributed by atoms with E-state index in [0.29, 0.717) is 0 Å². The highest BCUT2D eigenvalue weighted by molar-refractivity contribution is 5.79. The number of allylic oxidation sites excluding steroid dienone is 3. The Kier molecular flexibility index (Phi) is 16.1. The molecule has 0 heterocycles. The van der Waals surface area contributed by atoms with Crippen LogP contribution in [0.3, 0.4) is 0 Å². The van der Waals surface area contributed by atoms with Gasteiger partial charge in [0.1, 0.15) is 6.10 Å². The number of ether oxygens (including phenoxy) is 1. The summed E-state index contributed by atoms with van der Waals surface area (Å²) in [4.78, 5) is 22.5. The van der Waals surface area contributed by atoms with Gasteiger partial charge in [-0.2, -0.15) is 0 Å². The smallest absolute Gasteiger partial charge is 0.328 e. The van der Waals surface area contributed by atoms with Crippen LogP contribution in [-0.4, -0.2) is 51.6 Å². The molecular formula is C23H41NO6. The molecule has 0 aliphatic carbocycles. The zero-order valence-corrected chi connectivity index (χ0v) is 18.6. The highest BCUT2D eigenvalue weighted by Gasteiger charge is 2.42. The summed E-state index contributed by atoms with van der Waals surface area (Å²) in [6, 6.07) is 0. The van der Waals surface area contributed by atoms with E-state index in [2.05, 4.69) is 6.92 Å². The zero-order valence-electron chi connectivity index (χ0n) is 18.6. The van der Waals surface area contributed by atoms with E-state index >= 15 is 0 Å². The predicted octanol–water partition coefficient (Wildman–Crippen LogP) is 3.48. The van der Waals surface area contributed by atoms with Crippen molar-refractivity contribution in [1.29, 1.82) is 0 Å². The first-order chi connectivity index (χ1) is 14.3. The number of esters is 1. The van der Waals surface area contributed by atoms with Crippen molar-refractivity contribution in [1.82, 2.24) is 0 Å². The minimum Gasteiger partial charge on any atom is -0.480 e. The fourth-order valence-electron chi connectivity index (χ4n) is 3.06. The van der Waals surface area contributed by atoms with Gasteiger partial charge in [-0.15, -0.1) is 0 Å². The van der Waals surface area contributed by atoms with Gasteiger partial charge in [0.2, 0.25) is 0 Å². The van der Waals surface area contributed by atoms with Crippen molar-refractivity contribution in [3.05, 3.63) is 24.3 Å². The number of carboxylic acids is 1. The maximum atomic E-state index is 11.3. The minimum atomic E-state index is -2.21. The van der Waals surface area contributed by atoms with Crippen molar-refractivity contribution in [2.75, 3.05) is 6.61 Å². The number of unbranched alkanes of at least 4 members (excludes halogenated alkanes) is 9. The maximum Gasteiger partial charge on any atom is 0.328 e. The highest BCUT2D eigenvalue weighted by atomic mass is 16.5. The van der Waals surface area contributed by atoms with Crippen LogP contribution in [0.2, 0.25) is 0 Å². The van der Waals surface area contributed by atoms with Gasteiger partial charge >= 0.3 is 11.9 Å². The number of carbonyl (C=O) groups is 2. The summed E-state index contributed by atoms with van der Waals surface area (Å²) in [6.07, 6.45) is 16.9. The molecule has 0 rings (SSSR count). The number of aliphatic hydroxyl groups excluding tert-OH is 2. The monoisotopic (exact) mass is 427 g/mol. The van der Waals surface area contributed by atoms with Crippen molar-refractivity contribution in [3.8, 4) is 0 Å². The number of carboxylic acid groups (broad SMARTS) is 1. The van der Waals surface area contributed by atoms with Crippen LogP contribution >= 0.6 is 0 Å². The fourth-order valence-corrected chi connectivity index (χ4v) is 3.06. The maximum absolute atomic E-state index is 11.3. The van der Waals surface area contributed by atoms with Gasteiger partial charge in [0.15, 0.2) is 5.54 Å². The normalized spacial score (nSPS) is 15.9. The summed E-state index contributed by atoms with van der Waals surface area (Å²) in [7, 11) is 0. The molecule has 0 radical (unpaired) electrons. The average molecular weight is 428 g/mol. The van der Waals surface area contributed by atoms with Gasteiger partial charge in [-0.05, 0) is 18.9 Å². The standard InChI is InChI=1S/C23H41NO6/c1-3-4-5-6-7-8-9-10-11-12-13-14-15-16-20(30-19(2)26)17-21(27)23(24,18-25)22(28)29/h13-16,20-21,25,27H,3-12,17-18,24H2,1-2H3,(H,28,29). The lowest BCUT2D eigenvalue weighted by molar-refractivity contribution is -0.152. The molecule has 0 bridgehead atoms. The van der Waals surface area contributed by atoms with Gasteiger partial charge in [-0.3, -0.25) is 9.59 Å². The minimum absolute atomic E-state index is 0.231. The predicted molar refractivity (Wildman–Crippen MR) is 118 cm³/mol. The van der Waals surface area contributed by atoms with E-state index in [4.69, 9.17) is 15.6 Å². The number of hydrogen-bond donors (Lipinski definition) is 4. The summed E-state index contributed by atoms with van der Waals surface area (Å²) in [5, 5.41) is 28.4. The van der Waals surface area contributed by atoms with E-state index in [1.165, 1.54) is 58.3 Å². The van der Waals surface area contributed by atoms with Crippen LogP contribution in [0, 0.1) is 0 Å². The number of carbonyl (C=O) groups excluding carboxylic acids is 1. The fraction of sp³-hybridized carbons (Fsp3) is 0.739.